The number of halogens is 3. The molecule has 0 aliphatic heterocycles. The molecule has 2 aromatic heterocycles. The Kier molecular flexibility index (Phi) is 5.25. The molecule has 0 saturated heterocycles. The van der Waals surface area contributed by atoms with Gasteiger partial charge in [-0.25, -0.2) is 32.3 Å². The first-order valence-corrected chi connectivity index (χ1v) is 9.54. The average molecular weight is 434 g/mol. The second-order valence-electron chi connectivity index (χ2n) is 7.37. The number of pyridine rings is 1. The van der Waals surface area contributed by atoms with E-state index in [9.17, 15) is 27.6 Å². The fourth-order valence-electron chi connectivity index (χ4n) is 4.01. The quantitative estimate of drug-likeness (QED) is 0.659. The molecule has 4 rings (SSSR count). The third-order valence-corrected chi connectivity index (χ3v) is 5.44. The fraction of sp³-hybridized carbons (Fsp3) is 0.300. The molecule has 2 N–H and O–H groups in total. The fourth-order valence-corrected chi connectivity index (χ4v) is 4.01. The topological polar surface area (TPSA) is 106 Å². The monoisotopic (exact) mass is 434 g/mol. The number of carboxylic acid groups (broad SMARTS) is 1. The van der Waals surface area contributed by atoms with E-state index in [2.05, 4.69) is 10.3 Å². The Morgan fingerprint density at radius 3 is 2.42 bits per heavy atom. The second-order valence-corrected chi connectivity index (χ2v) is 7.37. The molecule has 0 atom stereocenters. The zero-order valence-electron chi connectivity index (χ0n) is 16.0. The molecule has 0 bridgehead atoms. The normalized spacial score (nSPS) is 18.8. The summed E-state index contributed by atoms with van der Waals surface area (Å²) < 4.78 is 43.0. The molecular weight excluding hydrogens is 417 g/mol. The van der Waals surface area contributed by atoms with Crippen LogP contribution in [0, 0.1) is 17.5 Å². The SMILES string of the molecule is O=C(O)N[C@H]1CC[C@@H](n2c(=O)c3cc(F)cnc3n(-c3ccc(F)c(F)c3)c2=O)CC1. The zero-order valence-corrected chi connectivity index (χ0v) is 16.0. The van der Waals surface area contributed by atoms with Gasteiger partial charge >= 0.3 is 11.8 Å². The Balaban J connectivity index is 1.89. The van der Waals surface area contributed by atoms with Crippen LogP contribution in [0.1, 0.15) is 31.7 Å². The van der Waals surface area contributed by atoms with E-state index in [-0.39, 0.29) is 22.8 Å². The zero-order chi connectivity index (χ0) is 22.3. The summed E-state index contributed by atoms with van der Waals surface area (Å²) in [5.41, 5.74) is -1.82. The highest BCUT2D eigenvalue weighted by Gasteiger charge is 2.28. The minimum atomic E-state index is -1.20. The first-order valence-electron chi connectivity index (χ1n) is 9.54. The molecule has 0 spiro atoms. The summed E-state index contributed by atoms with van der Waals surface area (Å²) in [5.74, 6) is -3.10. The van der Waals surface area contributed by atoms with Crippen molar-refractivity contribution in [3.63, 3.8) is 0 Å². The maximum Gasteiger partial charge on any atom is 0.404 e. The van der Waals surface area contributed by atoms with Crippen LogP contribution in [0.5, 0.6) is 0 Å². The first kappa shape index (κ1) is 20.6. The molecule has 11 heteroatoms. The number of rotatable bonds is 3. The van der Waals surface area contributed by atoms with E-state index in [1.807, 2.05) is 0 Å². The van der Waals surface area contributed by atoms with Gasteiger partial charge < -0.3 is 10.4 Å². The van der Waals surface area contributed by atoms with Gasteiger partial charge in [0.05, 0.1) is 17.3 Å². The summed E-state index contributed by atoms with van der Waals surface area (Å²) in [5, 5.41) is 11.1. The standard InChI is InChI=1S/C20H17F3N4O4/c21-10-7-14-17(24-9-10)26(13-5-6-15(22)16(23)8-13)20(31)27(18(14)28)12-3-1-11(2-4-12)25-19(29)30/h5-9,11-12,25H,1-4H2,(H,29,30)/t11-,12+. The molecular formula is C20H17F3N4O4. The van der Waals surface area contributed by atoms with Crippen molar-refractivity contribution >= 4 is 17.1 Å². The second kappa shape index (κ2) is 7.89. The highest BCUT2D eigenvalue weighted by molar-refractivity contribution is 5.75. The highest BCUT2D eigenvalue weighted by atomic mass is 19.2. The molecule has 1 aliphatic carbocycles. The van der Waals surface area contributed by atoms with Gasteiger partial charge in [0, 0.05) is 18.2 Å². The predicted molar refractivity (Wildman–Crippen MR) is 104 cm³/mol. The molecule has 1 amide bonds. The van der Waals surface area contributed by atoms with E-state index >= 15 is 0 Å². The van der Waals surface area contributed by atoms with Crippen molar-refractivity contribution in [2.45, 2.75) is 37.8 Å². The average Bonchev–Trinajstić information content (AvgIpc) is 2.72. The lowest BCUT2D eigenvalue weighted by Gasteiger charge is -2.29. The molecule has 1 saturated carbocycles. The molecule has 31 heavy (non-hydrogen) atoms. The van der Waals surface area contributed by atoms with Crippen LogP contribution >= 0.6 is 0 Å². The smallest absolute Gasteiger partial charge is 0.404 e. The maximum atomic E-state index is 13.8. The Morgan fingerprint density at radius 1 is 1.06 bits per heavy atom. The van der Waals surface area contributed by atoms with Crippen molar-refractivity contribution in [2.75, 3.05) is 0 Å². The van der Waals surface area contributed by atoms with Crippen LogP contribution in [0.2, 0.25) is 0 Å². The van der Waals surface area contributed by atoms with Crippen LogP contribution < -0.4 is 16.6 Å². The number of benzene rings is 1. The predicted octanol–water partition coefficient (Wildman–Crippen LogP) is 2.72. The van der Waals surface area contributed by atoms with Crippen LogP contribution in [0.15, 0.2) is 40.1 Å². The summed E-state index contributed by atoms with van der Waals surface area (Å²) in [6.07, 6.45) is 1.11. The van der Waals surface area contributed by atoms with Crippen LogP contribution in [-0.2, 0) is 0 Å². The number of hydrogen-bond donors (Lipinski definition) is 2. The molecule has 1 aromatic carbocycles. The van der Waals surface area contributed by atoms with Crippen molar-refractivity contribution in [2.24, 2.45) is 0 Å². The lowest BCUT2D eigenvalue weighted by Crippen LogP contribution is -2.45. The molecule has 8 nitrogen and oxygen atoms in total. The van der Waals surface area contributed by atoms with Gasteiger partial charge in [-0.1, -0.05) is 0 Å². The van der Waals surface area contributed by atoms with Gasteiger partial charge in [0.15, 0.2) is 17.3 Å². The van der Waals surface area contributed by atoms with Gasteiger partial charge in [-0.15, -0.1) is 0 Å². The molecule has 2 heterocycles. The van der Waals surface area contributed by atoms with E-state index < -0.39 is 40.8 Å². The van der Waals surface area contributed by atoms with Gasteiger partial charge in [0.1, 0.15) is 5.82 Å². The minimum Gasteiger partial charge on any atom is -0.465 e. The molecule has 1 aliphatic rings. The van der Waals surface area contributed by atoms with Crippen molar-refractivity contribution in [1.29, 1.82) is 0 Å². The van der Waals surface area contributed by atoms with Gasteiger partial charge in [0.2, 0.25) is 0 Å². The number of amides is 1. The van der Waals surface area contributed by atoms with Crippen LogP contribution in [-0.4, -0.2) is 31.4 Å². The van der Waals surface area contributed by atoms with Crippen molar-refractivity contribution < 1.29 is 23.1 Å². The number of nitrogens with one attached hydrogen (secondary N) is 1. The Labute approximate surface area is 172 Å². The molecule has 162 valence electrons. The Bertz CT molecular complexity index is 1300. The maximum absolute atomic E-state index is 13.8. The van der Waals surface area contributed by atoms with E-state index in [0.717, 1.165) is 39.6 Å². The van der Waals surface area contributed by atoms with Gasteiger partial charge in [0.25, 0.3) is 5.56 Å². The van der Waals surface area contributed by atoms with E-state index in [4.69, 9.17) is 5.11 Å². The summed E-state index contributed by atoms with van der Waals surface area (Å²) in [4.78, 5) is 41.1. The molecule has 3 aromatic rings. The summed E-state index contributed by atoms with van der Waals surface area (Å²) in [7, 11) is 0. The summed E-state index contributed by atoms with van der Waals surface area (Å²) in [6.45, 7) is 0. The summed E-state index contributed by atoms with van der Waals surface area (Å²) >= 11 is 0. The lowest BCUT2D eigenvalue weighted by atomic mass is 9.91. The Hall–Kier alpha value is -3.63. The van der Waals surface area contributed by atoms with Crippen molar-refractivity contribution in [3.05, 3.63) is 68.8 Å². The van der Waals surface area contributed by atoms with Crippen molar-refractivity contribution in [3.8, 4) is 5.69 Å². The lowest BCUT2D eigenvalue weighted by molar-refractivity contribution is 0.182. The number of aromatic nitrogens is 3. The highest BCUT2D eigenvalue weighted by Crippen LogP contribution is 2.27. The van der Waals surface area contributed by atoms with Gasteiger partial charge in [-0.3, -0.25) is 9.36 Å². The Morgan fingerprint density at radius 2 is 1.77 bits per heavy atom. The first-order chi connectivity index (χ1) is 14.8. The minimum absolute atomic E-state index is 0.0667. The van der Waals surface area contributed by atoms with Gasteiger partial charge in [-0.2, -0.15) is 0 Å². The van der Waals surface area contributed by atoms with Crippen LogP contribution in [0.25, 0.3) is 16.7 Å². The number of nitrogens with zero attached hydrogens (tertiary/aromatic N) is 3. The van der Waals surface area contributed by atoms with E-state index in [0.29, 0.717) is 25.7 Å². The molecule has 0 unspecified atom stereocenters. The number of hydrogen-bond acceptors (Lipinski definition) is 4. The largest absolute Gasteiger partial charge is 0.465 e. The summed E-state index contributed by atoms with van der Waals surface area (Å²) in [6, 6.07) is 2.85. The van der Waals surface area contributed by atoms with Gasteiger partial charge in [-0.05, 0) is 43.9 Å². The molecule has 1 fully saturated rings. The van der Waals surface area contributed by atoms with Crippen LogP contribution in [0.4, 0.5) is 18.0 Å². The number of carbonyl (C=O) groups is 1. The van der Waals surface area contributed by atoms with Crippen molar-refractivity contribution in [1.82, 2.24) is 19.4 Å². The third-order valence-electron chi connectivity index (χ3n) is 5.44. The van der Waals surface area contributed by atoms with E-state index in [1.54, 1.807) is 0 Å². The number of fused-ring (bicyclic) bond motifs is 1. The van der Waals surface area contributed by atoms with E-state index in [1.165, 1.54) is 0 Å². The molecule has 0 radical (unpaired) electrons. The van der Waals surface area contributed by atoms with Crippen LogP contribution in [0.3, 0.4) is 0 Å². The third kappa shape index (κ3) is 3.78.